The van der Waals surface area contributed by atoms with Crippen LogP contribution in [-0.2, 0) is 6.42 Å². The molecule has 1 aromatic carbocycles. The van der Waals surface area contributed by atoms with Gasteiger partial charge in [0.1, 0.15) is 0 Å². The molecule has 0 unspecified atom stereocenters. The molecule has 3 aliphatic rings. The minimum Gasteiger partial charge on any atom is -0.399 e. The van der Waals surface area contributed by atoms with Gasteiger partial charge in [-0.2, -0.15) is 0 Å². The van der Waals surface area contributed by atoms with E-state index in [9.17, 15) is 0 Å². The first-order valence-corrected chi connectivity index (χ1v) is 7.84. The third-order valence-corrected chi connectivity index (χ3v) is 6.23. The summed E-state index contributed by atoms with van der Waals surface area (Å²) in [5.41, 5.74) is 9.44. The molecule has 2 aliphatic carbocycles. The molecule has 2 heteroatoms. The Hall–Kier alpha value is -1.02. The van der Waals surface area contributed by atoms with E-state index in [0.717, 1.165) is 11.1 Å². The van der Waals surface area contributed by atoms with Crippen molar-refractivity contribution in [3.63, 3.8) is 0 Å². The smallest absolute Gasteiger partial charge is 0.0314 e. The van der Waals surface area contributed by atoms with Crippen molar-refractivity contribution in [1.82, 2.24) is 4.90 Å². The number of rotatable bonds is 3. The van der Waals surface area contributed by atoms with Gasteiger partial charge < -0.3 is 5.73 Å². The number of benzene rings is 1. The van der Waals surface area contributed by atoms with E-state index in [1.165, 1.54) is 63.6 Å². The Labute approximate surface area is 116 Å². The summed E-state index contributed by atoms with van der Waals surface area (Å²) in [6.07, 6.45) is 10.1. The summed E-state index contributed by atoms with van der Waals surface area (Å²) in [5.74, 6) is 0. The van der Waals surface area contributed by atoms with Crippen LogP contribution in [0.5, 0.6) is 0 Å². The second-order valence-corrected chi connectivity index (χ2v) is 6.93. The molecule has 2 spiro atoms. The lowest BCUT2D eigenvalue weighted by molar-refractivity contribution is -0.236. The SMILES string of the molecule is Nc1ccc(CCN2CC3(CCC3)C23CCC3)cc1. The highest BCUT2D eigenvalue weighted by Crippen LogP contribution is 2.66. The predicted molar refractivity (Wildman–Crippen MR) is 79.0 cm³/mol. The van der Waals surface area contributed by atoms with Crippen molar-refractivity contribution < 1.29 is 0 Å². The van der Waals surface area contributed by atoms with Gasteiger partial charge in [0.15, 0.2) is 0 Å². The van der Waals surface area contributed by atoms with E-state index < -0.39 is 0 Å². The fourth-order valence-corrected chi connectivity index (χ4v) is 4.73. The molecule has 1 heterocycles. The highest BCUT2D eigenvalue weighted by Gasteiger charge is 2.67. The van der Waals surface area contributed by atoms with Crippen molar-refractivity contribution in [2.75, 3.05) is 18.8 Å². The lowest BCUT2D eigenvalue weighted by atomic mass is 9.44. The summed E-state index contributed by atoms with van der Waals surface area (Å²) in [5, 5.41) is 0. The summed E-state index contributed by atoms with van der Waals surface area (Å²) in [6, 6.07) is 8.42. The first kappa shape index (κ1) is 11.8. The molecule has 1 aromatic rings. The minimum absolute atomic E-state index is 0.638. The number of fused-ring (bicyclic) bond motifs is 1. The molecule has 102 valence electrons. The molecule has 2 nitrogen and oxygen atoms in total. The standard InChI is InChI=1S/C17H24N2/c18-15-5-3-14(4-6-15)7-12-19-13-16(8-1-9-16)17(19)10-2-11-17/h3-6H,1-2,7-13,18H2. The van der Waals surface area contributed by atoms with Crippen molar-refractivity contribution in [2.24, 2.45) is 5.41 Å². The van der Waals surface area contributed by atoms with Gasteiger partial charge in [0.25, 0.3) is 0 Å². The monoisotopic (exact) mass is 256 g/mol. The maximum Gasteiger partial charge on any atom is 0.0314 e. The lowest BCUT2D eigenvalue weighted by Crippen LogP contribution is -2.79. The first-order chi connectivity index (χ1) is 9.24. The average Bonchev–Trinajstić information content (AvgIpc) is 2.26. The third-order valence-electron chi connectivity index (χ3n) is 6.23. The van der Waals surface area contributed by atoms with Crippen molar-refractivity contribution in [2.45, 2.75) is 50.5 Å². The summed E-state index contributed by atoms with van der Waals surface area (Å²) in [4.78, 5) is 2.80. The molecule has 2 N–H and O–H groups in total. The number of anilines is 1. The number of nitrogen functional groups attached to an aromatic ring is 1. The van der Waals surface area contributed by atoms with Gasteiger partial charge >= 0.3 is 0 Å². The van der Waals surface area contributed by atoms with Crippen LogP contribution in [0.25, 0.3) is 0 Å². The second kappa shape index (κ2) is 3.99. The highest BCUT2D eigenvalue weighted by atomic mass is 15.3. The van der Waals surface area contributed by atoms with Crippen LogP contribution >= 0.6 is 0 Å². The number of nitrogens with zero attached hydrogens (tertiary/aromatic N) is 1. The molecule has 0 bridgehead atoms. The Bertz CT molecular complexity index is 469. The molecule has 0 radical (unpaired) electrons. The van der Waals surface area contributed by atoms with Crippen molar-refractivity contribution >= 4 is 5.69 Å². The van der Waals surface area contributed by atoms with Crippen LogP contribution < -0.4 is 5.73 Å². The largest absolute Gasteiger partial charge is 0.399 e. The molecule has 0 amide bonds. The van der Waals surface area contributed by atoms with E-state index in [4.69, 9.17) is 5.73 Å². The second-order valence-electron chi connectivity index (χ2n) is 6.93. The van der Waals surface area contributed by atoms with Crippen molar-refractivity contribution in [3.05, 3.63) is 29.8 Å². The van der Waals surface area contributed by atoms with Crippen LogP contribution in [0.4, 0.5) is 5.69 Å². The van der Waals surface area contributed by atoms with E-state index in [1.807, 2.05) is 12.1 Å². The van der Waals surface area contributed by atoms with Gasteiger partial charge in [-0.3, -0.25) is 4.90 Å². The molecule has 1 saturated heterocycles. The fraction of sp³-hybridized carbons (Fsp3) is 0.647. The minimum atomic E-state index is 0.638. The van der Waals surface area contributed by atoms with Crippen LogP contribution in [0.1, 0.15) is 44.1 Å². The van der Waals surface area contributed by atoms with E-state index in [1.54, 1.807) is 0 Å². The molecule has 3 fully saturated rings. The molecule has 0 aromatic heterocycles. The topological polar surface area (TPSA) is 29.3 Å². The zero-order chi connectivity index (χ0) is 12.9. The zero-order valence-electron chi connectivity index (χ0n) is 11.7. The summed E-state index contributed by atoms with van der Waals surface area (Å²) in [6.45, 7) is 2.62. The summed E-state index contributed by atoms with van der Waals surface area (Å²) >= 11 is 0. The zero-order valence-corrected chi connectivity index (χ0v) is 11.7. The average molecular weight is 256 g/mol. The Morgan fingerprint density at radius 3 is 2.21 bits per heavy atom. The maximum atomic E-state index is 5.74. The summed E-state index contributed by atoms with van der Waals surface area (Å²) in [7, 11) is 0. The van der Waals surface area contributed by atoms with Crippen LogP contribution in [0.15, 0.2) is 24.3 Å². The number of likely N-dealkylation sites (tertiary alicyclic amines) is 1. The Morgan fingerprint density at radius 2 is 1.68 bits per heavy atom. The third kappa shape index (κ3) is 1.53. The van der Waals surface area contributed by atoms with Crippen LogP contribution in [0.3, 0.4) is 0 Å². The highest BCUT2D eigenvalue weighted by molar-refractivity contribution is 5.39. The number of hydrogen-bond acceptors (Lipinski definition) is 2. The van der Waals surface area contributed by atoms with E-state index >= 15 is 0 Å². The molecule has 19 heavy (non-hydrogen) atoms. The van der Waals surface area contributed by atoms with E-state index in [0.29, 0.717) is 5.54 Å². The van der Waals surface area contributed by atoms with Crippen molar-refractivity contribution in [1.29, 1.82) is 0 Å². The van der Waals surface area contributed by atoms with Gasteiger partial charge in [0.2, 0.25) is 0 Å². The predicted octanol–water partition coefficient (Wildman–Crippen LogP) is 3.22. The molecular formula is C17H24N2. The van der Waals surface area contributed by atoms with Gasteiger partial charge in [-0.15, -0.1) is 0 Å². The van der Waals surface area contributed by atoms with Crippen molar-refractivity contribution in [3.8, 4) is 0 Å². The van der Waals surface area contributed by atoms with Gasteiger partial charge in [-0.25, -0.2) is 0 Å². The van der Waals surface area contributed by atoms with Gasteiger partial charge in [0, 0.05) is 29.7 Å². The molecule has 1 aliphatic heterocycles. The normalized spacial score (nSPS) is 26.7. The van der Waals surface area contributed by atoms with Crippen LogP contribution in [-0.4, -0.2) is 23.5 Å². The van der Waals surface area contributed by atoms with Gasteiger partial charge in [0.05, 0.1) is 0 Å². The first-order valence-electron chi connectivity index (χ1n) is 7.84. The Balaban J connectivity index is 1.40. The van der Waals surface area contributed by atoms with E-state index in [2.05, 4.69) is 17.0 Å². The Morgan fingerprint density at radius 1 is 1.00 bits per heavy atom. The fourth-order valence-electron chi connectivity index (χ4n) is 4.73. The molecule has 2 saturated carbocycles. The number of nitrogens with two attached hydrogens (primary N) is 1. The molecular weight excluding hydrogens is 232 g/mol. The van der Waals surface area contributed by atoms with Gasteiger partial charge in [-0.05, 0) is 56.2 Å². The maximum absolute atomic E-state index is 5.74. The molecule has 4 rings (SSSR count). The number of hydrogen-bond donors (Lipinski definition) is 1. The van der Waals surface area contributed by atoms with Crippen LogP contribution in [0.2, 0.25) is 0 Å². The summed E-state index contributed by atoms with van der Waals surface area (Å²) < 4.78 is 0. The lowest BCUT2D eigenvalue weighted by Gasteiger charge is -2.75. The van der Waals surface area contributed by atoms with E-state index in [-0.39, 0.29) is 0 Å². The molecule has 0 atom stereocenters. The quantitative estimate of drug-likeness (QED) is 0.841. The Kier molecular flexibility index (Phi) is 2.47. The van der Waals surface area contributed by atoms with Gasteiger partial charge in [-0.1, -0.05) is 18.6 Å². The van der Waals surface area contributed by atoms with Crippen LogP contribution in [0, 0.1) is 5.41 Å².